The molecule has 0 aliphatic heterocycles. The van der Waals surface area contributed by atoms with Gasteiger partial charge in [0.25, 0.3) is 0 Å². The lowest BCUT2D eigenvalue weighted by atomic mass is 10.2. The molecule has 1 aromatic carbocycles. The van der Waals surface area contributed by atoms with Crippen molar-refractivity contribution in [2.24, 2.45) is 0 Å². The number of hydrogen-bond donors (Lipinski definition) is 1. The number of benzene rings is 1. The van der Waals surface area contributed by atoms with Crippen molar-refractivity contribution >= 4 is 17.7 Å². The number of halogens is 1. The van der Waals surface area contributed by atoms with E-state index in [9.17, 15) is 4.39 Å². The molecule has 0 amide bonds. The van der Waals surface area contributed by atoms with Crippen molar-refractivity contribution in [2.45, 2.75) is 5.16 Å². The second-order valence-corrected chi connectivity index (χ2v) is 3.79. The predicted molar refractivity (Wildman–Crippen MR) is 61.4 cm³/mol. The third kappa shape index (κ3) is 2.27. The highest BCUT2D eigenvalue weighted by molar-refractivity contribution is 7.98. The van der Waals surface area contributed by atoms with Crippen molar-refractivity contribution in [2.75, 3.05) is 12.0 Å². The Balaban J connectivity index is 2.51. The summed E-state index contributed by atoms with van der Waals surface area (Å²) in [5, 5.41) is 0.520. The van der Waals surface area contributed by atoms with Crippen LogP contribution in [0.4, 0.5) is 10.3 Å². The largest absolute Gasteiger partial charge is 0.368 e. The average Bonchev–Trinajstić information content (AvgIpc) is 2.28. The van der Waals surface area contributed by atoms with Crippen molar-refractivity contribution in [3.05, 3.63) is 30.1 Å². The predicted octanol–water partition coefficient (Wildman–Crippen LogP) is 1.98. The van der Waals surface area contributed by atoms with Gasteiger partial charge in [0.2, 0.25) is 5.95 Å². The van der Waals surface area contributed by atoms with Gasteiger partial charge in [-0.15, -0.1) is 0 Å². The Bertz CT molecular complexity index is 518. The number of nitrogens with two attached hydrogens (primary N) is 1. The van der Waals surface area contributed by atoms with Gasteiger partial charge in [0.05, 0.1) is 0 Å². The van der Waals surface area contributed by atoms with Crippen LogP contribution in [0.25, 0.3) is 11.4 Å². The summed E-state index contributed by atoms with van der Waals surface area (Å²) < 4.78 is 13.0. The second-order valence-electron chi connectivity index (χ2n) is 3.01. The third-order valence-electron chi connectivity index (χ3n) is 1.90. The van der Waals surface area contributed by atoms with Crippen molar-refractivity contribution < 1.29 is 4.39 Å². The molecule has 4 nitrogen and oxygen atoms in total. The third-order valence-corrected chi connectivity index (χ3v) is 2.45. The van der Waals surface area contributed by atoms with Crippen LogP contribution >= 0.6 is 11.8 Å². The molecule has 2 aromatic rings. The molecule has 6 heteroatoms. The van der Waals surface area contributed by atoms with E-state index in [4.69, 9.17) is 5.73 Å². The maximum Gasteiger partial charge on any atom is 0.224 e. The van der Waals surface area contributed by atoms with Gasteiger partial charge in [-0.3, -0.25) is 0 Å². The minimum atomic E-state index is -0.331. The summed E-state index contributed by atoms with van der Waals surface area (Å²) >= 11 is 1.36. The van der Waals surface area contributed by atoms with Crippen LogP contribution in [0, 0.1) is 5.82 Å². The van der Waals surface area contributed by atoms with Crippen LogP contribution in [0.2, 0.25) is 0 Å². The van der Waals surface area contributed by atoms with Gasteiger partial charge in [-0.1, -0.05) is 23.9 Å². The standard InChI is InChI=1S/C10H9FN4S/c1-16-10-14-8(13-9(12)15-10)6-3-2-4-7(11)5-6/h2-5H,1H3,(H2,12,13,14,15). The Morgan fingerprint density at radius 1 is 1.25 bits per heavy atom. The van der Waals surface area contributed by atoms with Gasteiger partial charge in [-0.25, -0.2) is 9.37 Å². The Labute approximate surface area is 96.1 Å². The lowest BCUT2D eigenvalue weighted by molar-refractivity contribution is 0.628. The molecule has 0 spiro atoms. The molecule has 16 heavy (non-hydrogen) atoms. The van der Waals surface area contributed by atoms with Gasteiger partial charge in [0.15, 0.2) is 11.0 Å². The zero-order valence-electron chi connectivity index (χ0n) is 8.51. The van der Waals surface area contributed by atoms with Crippen LogP contribution in [0.1, 0.15) is 0 Å². The molecule has 0 aliphatic carbocycles. The van der Waals surface area contributed by atoms with E-state index in [1.807, 2.05) is 6.26 Å². The highest BCUT2D eigenvalue weighted by Gasteiger charge is 2.06. The summed E-state index contributed by atoms with van der Waals surface area (Å²) in [5.74, 6) is 0.192. The van der Waals surface area contributed by atoms with Crippen LogP contribution in [0.3, 0.4) is 0 Å². The zero-order chi connectivity index (χ0) is 11.5. The first-order valence-corrected chi connectivity index (χ1v) is 5.73. The van der Waals surface area contributed by atoms with Crippen molar-refractivity contribution in [1.29, 1.82) is 0 Å². The zero-order valence-corrected chi connectivity index (χ0v) is 9.33. The van der Waals surface area contributed by atoms with Gasteiger partial charge >= 0.3 is 0 Å². The van der Waals surface area contributed by atoms with E-state index in [1.165, 1.54) is 23.9 Å². The highest BCUT2D eigenvalue weighted by atomic mass is 32.2. The number of nitrogen functional groups attached to an aromatic ring is 1. The van der Waals surface area contributed by atoms with E-state index < -0.39 is 0 Å². The van der Waals surface area contributed by atoms with E-state index in [-0.39, 0.29) is 11.8 Å². The van der Waals surface area contributed by atoms with Crippen LogP contribution in [-0.2, 0) is 0 Å². The Morgan fingerprint density at radius 2 is 2.06 bits per heavy atom. The Hall–Kier alpha value is -1.69. The van der Waals surface area contributed by atoms with E-state index >= 15 is 0 Å². The van der Waals surface area contributed by atoms with Crippen molar-refractivity contribution in [3.8, 4) is 11.4 Å². The van der Waals surface area contributed by atoms with Gasteiger partial charge in [-0.2, -0.15) is 9.97 Å². The van der Waals surface area contributed by atoms with Crippen LogP contribution in [0.15, 0.2) is 29.4 Å². The monoisotopic (exact) mass is 236 g/mol. The van der Waals surface area contributed by atoms with E-state index in [1.54, 1.807) is 12.1 Å². The number of hydrogen-bond acceptors (Lipinski definition) is 5. The highest BCUT2D eigenvalue weighted by Crippen LogP contribution is 2.19. The van der Waals surface area contributed by atoms with E-state index in [2.05, 4.69) is 15.0 Å². The fraction of sp³-hybridized carbons (Fsp3) is 0.100. The van der Waals surface area contributed by atoms with Gasteiger partial charge < -0.3 is 5.73 Å². The number of nitrogens with zero attached hydrogens (tertiary/aromatic N) is 3. The molecule has 0 bridgehead atoms. The van der Waals surface area contributed by atoms with Gasteiger partial charge in [-0.05, 0) is 18.4 Å². The summed E-state index contributed by atoms with van der Waals surface area (Å²) in [6.07, 6.45) is 1.84. The molecule has 0 aliphatic rings. The summed E-state index contributed by atoms with van der Waals surface area (Å²) in [5.41, 5.74) is 6.13. The molecule has 0 saturated heterocycles. The molecular formula is C10H9FN4S. The topological polar surface area (TPSA) is 64.7 Å². The number of rotatable bonds is 2. The molecule has 0 atom stereocenters. The smallest absolute Gasteiger partial charge is 0.224 e. The summed E-state index contributed by atoms with van der Waals surface area (Å²) in [4.78, 5) is 12.1. The quantitative estimate of drug-likeness (QED) is 0.808. The normalized spacial score (nSPS) is 10.4. The van der Waals surface area contributed by atoms with Crippen molar-refractivity contribution in [3.63, 3.8) is 0 Å². The first-order chi connectivity index (χ1) is 7.69. The van der Waals surface area contributed by atoms with Gasteiger partial charge in [0.1, 0.15) is 5.82 Å². The van der Waals surface area contributed by atoms with E-state index in [0.717, 1.165) is 0 Å². The average molecular weight is 236 g/mol. The number of anilines is 1. The van der Waals surface area contributed by atoms with Crippen molar-refractivity contribution in [1.82, 2.24) is 15.0 Å². The Kier molecular flexibility index (Phi) is 3.00. The molecule has 0 radical (unpaired) electrons. The minimum Gasteiger partial charge on any atom is -0.368 e. The number of aromatic nitrogens is 3. The maximum absolute atomic E-state index is 13.0. The van der Waals surface area contributed by atoms with Crippen LogP contribution in [-0.4, -0.2) is 21.2 Å². The molecule has 2 N–H and O–H groups in total. The van der Waals surface area contributed by atoms with Gasteiger partial charge in [0, 0.05) is 5.56 Å². The molecule has 1 aromatic heterocycles. The molecule has 0 saturated carbocycles. The Morgan fingerprint density at radius 3 is 2.75 bits per heavy atom. The molecule has 0 unspecified atom stereocenters. The minimum absolute atomic E-state index is 0.138. The lowest BCUT2D eigenvalue weighted by Gasteiger charge is -2.02. The summed E-state index contributed by atoms with van der Waals surface area (Å²) in [6.45, 7) is 0. The fourth-order valence-corrected chi connectivity index (χ4v) is 1.58. The first-order valence-electron chi connectivity index (χ1n) is 4.50. The van der Waals surface area contributed by atoms with Crippen LogP contribution in [0.5, 0.6) is 0 Å². The maximum atomic E-state index is 13.0. The number of thioether (sulfide) groups is 1. The molecule has 2 rings (SSSR count). The van der Waals surface area contributed by atoms with Crippen LogP contribution < -0.4 is 5.73 Å². The molecule has 1 heterocycles. The fourth-order valence-electron chi connectivity index (χ4n) is 1.22. The molecular weight excluding hydrogens is 227 g/mol. The molecule has 0 fully saturated rings. The summed E-state index contributed by atoms with van der Waals surface area (Å²) in [7, 11) is 0. The first kappa shape index (κ1) is 10.8. The summed E-state index contributed by atoms with van der Waals surface area (Å²) in [6, 6.07) is 6.05. The molecule has 82 valence electrons. The van der Waals surface area contributed by atoms with E-state index in [0.29, 0.717) is 16.5 Å². The second kappa shape index (κ2) is 4.44. The SMILES string of the molecule is CSc1nc(N)nc(-c2cccc(F)c2)n1. The lowest BCUT2D eigenvalue weighted by Crippen LogP contribution is -2.01.